The highest BCUT2D eigenvalue weighted by atomic mass is 16.5. The van der Waals surface area contributed by atoms with E-state index in [1.165, 1.54) is 0 Å². The number of methoxy groups -OCH3 is 1. The Morgan fingerprint density at radius 2 is 2.12 bits per heavy atom. The predicted molar refractivity (Wildman–Crippen MR) is 69.3 cm³/mol. The molecule has 0 aliphatic carbocycles. The van der Waals surface area contributed by atoms with Crippen LogP contribution in [0.2, 0.25) is 0 Å². The van der Waals surface area contributed by atoms with E-state index in [4.69, 9.17) is 14.9 Å². The maximum Gasteiger partial charge on any atom is 0.175 e. The quantitative estimate of drug-likeness (QED) is 0.883. The summed E-state index contributed by atoms with van der Waals surface area (Å²) < 4.78 is 10.8. The molecule has 0 radical (unpaired) electrons. The summed E-state index contributed by atoms with van der Waals surface area (Å²) in [6, 6.07) is 6.07. The largest absolute Gasteiger partial charge is 0.493 e. The molecular weight excluding hydrogens is 214 g/mol. The molecule has 2 N–H and O–H groups in total. The number of hydrogen-bond acceptors (Lipinski definition) is 3. The molecule has 0 unspecified atom stereocenters. The first kappa shape index (κ1) is 12.0. The van der Waals surface area contributed by atoms with Gasteiger partial charge in [0.2, 0.25) is 0 Å². The lowest BCUT2D eigenvalue weighted by atomic mass is 9.97. The van der Waals surface area contributed by atoms with E-state index in [9.17, 15) is 0 Å². The van der Waals surface area contributed by atoms with Crippen LogP contribution in [0.15, 0.2) is 28.9 Å². The molecule has 0 saturated carbocycles. The van der Waals surface area contributed by atoms with Crippen molar-refractivity contribution in [1.29, 1.82) is 0 Å². The Labute approximate surface area is 102 Å². The number of benzene rings is 1. The zero-order valence-electron chi connectivity index (χ0n) is 10.6. The van der Waals surface area contributed by atoms with Gasteiger partial charge in [-0.05, 0) is 24.0 Å². The van der Waals surface area contributed by atoms with Gasteiger partial charge in [0.1, 0.15) is 0 Å². The van der Waals surface area contributed by atoms with E-state index >= 15 is 0 Å². The van der Waals surface area contributed by atoms with Crippen LogP contribution in [0.3, 0.4) is 0 Å². The first-order valence-electron chi connectivity index (χ1n) is 5.92. The summed E-state index contributed by atoms with van der Waals surface area (Å²) in [6.45, 7) is 4.26. The molecule has 3 nitrogen and oxygen atoms in total. The molecule has 0 spiro atoms. The molecule has 0 aliphatic rings. The van der Waals surface area contributed by atoms with Gasteiger partial charge in [-0.3, -0.25) is 0 Å². The van der Waals surface area contributed by atoms with E-state index in [1.54, 1.807) is 13.4 Å². The molecule has 3 heteroatoms. The Bertz CT molecular complexity index is 502. The molecule has 1 heterocycles. The second-order valence-corrected chi connectivity index (χ2v) is 4.71. The van der Waals surface area contributed by atoms with Crippen molar-refractivity contribution in [2.75, 3.05) is 7.11 Å². The Hall–Kier alpha value is -1.48. The molecule has 0 bridgehead atoms. The van der Waals surface area contributed by atoms with Gasteiger partial charge in [-0.1, -0.05) is 26.0 Å². The molecule has 1 atom stereocenters. The summed E-state index contributed by atoms with van der Waals surface area (Å²) in [4.78, 5) is 0. The Morgan fingerprint density at radius 1 is 1.35 bits per heavy atom. The second kappa shape index (κ2) is 4.80. The van der Waals surface area contributed by atoms with Crippen LogP contribution >= 0.6 is 0 Å². The van der Waals surface area contributed by atoms with E-state index in [1.807, 2.05) is 18.2 Å². The third kappa shape index (κ3) is 2.29. The Balaban J connectivity index is 2.36. The topological polar surface area (TPSA) is 48.4 Å². The number of ether oxygens (including phenoxy) is 1. The SMILES string of the molecule is COc1cccc2c(C[C@H](N)C(C)C)coc12. The van der Waals surface area contributed by atoms with Gasteiger partial charge in [-0.2, -0.15) is 0 Å². The van der Waals surface area contributed by atoms with Gasteiger partial charge in [0, 0.05) is 11.4 Å². The molecule has 1 aromatic heterocycles. The summed E-state index contributed by atoms with van der Waals surface area (Å²) >= 11 is 0. The van der Waals surface area contributed by atoms with Crippen molar-refractivity contribution in [3.8, 4) is 5.75 Å². The van der Waals surface area contributed by atoms with Crippen molar-refractivity contribution in [3.05, 3.63) is 30.0 Å². The standard InChI is InChI=1S/C14H19NO2/c1-9(2)12(15)7-10-8-17-14-11(10)5-4-6-13(14)16-3/h4-6,8-9,12H,7,15H2,1-3H3/t12-/m0/s1. The van der Waals surface area contributed by atoms with Crippen molar-refractivity contribution in [2.45, 2.75) is 26.3 Å². The minimum absolute atomic E-state index is 0.155. The molecular formula is C14H19NO2. The molecule has 2 aromatic rings. The van der Waals surface area contributed by atoms with Crippen LogP contribution in [0.5, 0.6) is 5.75 Å². The lowest BCUT2D eigenvalue weighted by Crippen LogP contribution is -2.28. The fourth-order valence-electron chi connectivity index (χ4n) is 1.89. The van der Waals surface area contributed by atoms with Crippen molar-refractivity contribution in [3.63, 3.8) is 0 Å². The molecule has 2 rings (SSSR count). The van der Waals surface area contributed by atoms with Crippen LogP contribution in [0.1, 0.15) is 19.4 Å². The van der Waals surface area contributed by atoms with Crippen LogP contribution in [0.25, 0.3) is 11.0 Å². The molecule has 1 aromatic carbocycles. The molecule has 92 valence electrons. The highest BCUT2D eigenvalue weighted by Gasteiger charge is 2.14. The summed E-state index contributed by atoms with van der Waals surface area (Å²) in [5.41, 5.74) is 8.06. The zero-order valence-corrected chi connectivity index (χ0v) is 10.6. The van der Waals surface area contributed by atoms with Crippen molar-refractivity contribution < 1.29 is 9.15 Å². The van der Waals surface area contributed by atoms with E-state index in [0.29, 0.717) is 5.92 Å². The van der Waals surface area contributed by atoms with Gasteiger partial charge in [-0.15, -0.1) is 0 Å². The maximum atomic E-state index is 6.10. The molecule has 0 fully saturated rings. The number of nitrogens with two attached hydrogens (primary N) is 1. The maximum absolute atomic E-state index is 6.10. The molecule has 0 aliphatic heterocycles. The minimum atomic E-state index is 0.155. The summed E-state index contributed by atoms with van der Waals surface area (Å²) in [6.07, 6.45) is 2.62. The first-order valence-corrected chi connectivity index (χ1v) is 5.92. The fraction of sp³-hybridized carbons (Fsp3) is 0.429. The lowest BCUT2D eigenvalue weighted by molar-refractivity contribution is 0.410. The van der Waals surface area contributed by atoms with E-state index in [2.05, 4.69) is 13.8 Å². The van der Waals surface area contributed by atoms with E-state index < -0.39 is 0 Å². The summed E-state index contributed by atoms with van der Waals surface area (Å²) in [5, 5.41) is 1.10. The molecule has 0 amide bonds. The second-order valence-electron chi connectivity index (χ2n) is 4.71. The average molecular weight is 233 g/mol. The fourth-order valence-corrected chi connectivity index (χ4v) is 1.89. The lowest BCUT2D eigenvalue weighted by Gasteiger charge is -2.14. The van der Waals surface area contributed by atoms with Crippen molar-refractivity contribution >= 4 is 11.0 Å². The number of furan rings is 1. The number of hydrogen-bond donors (Lipinski definition) is 1. The van der Waals surface area contributed by atoms with Crippen molar-refractivity contribution in [1.82, 2.24) is 0 Å². The monoisotopic (exact) mass is 233 g/mol. The highest BCUT2D eigenvalue weighted by Crippen LogP contribution is 2.30. The third-order valence-corrected chi connectivity index (χ3v) is 3.18. The average Bonchev–Trinajstić information content (AvgIpc) is 2.72. The Morgan fingerprint density at radius 3 is 2.76 bits per heavy atom. The van der Waals surface area contributed by atoms with Gasteiger partial charge >= 0.3 is 0 Å². The highest BCUT2D eigenvalue weighted by molar-refractivity contribution is 5.86. The summed E-state index contributed by atoms with van der Waals surface area (Å²) in [5.74, 6) is 1.23. The minimum Gasteiger partial charge on any atom is -0.493 e. The van der Waals surface area contributed by atoms with Crippen molar-refractivity contribution in [2.24, 2.45) is 11.7 Å². The Kier molecular flexibility index (Phi) is 3.38. The van der Waals surface area contributed by atoms with Crippen LogP contribution in [0, 0.1) is 5.92 Å². The summed E-state index contributed by atoms with van der Waals surface area (Å²) in [7, 11) is 1.65. The predicted octanol–water partition coefficient (Wildman–Crippen LogP) is 2.97. The van der Waals surface area contributed by atoms with Gasteiger partial charge in [0.15, 0.2) is 11.3 Å². The molecule has 17 heavy (non-hydrogen) atoms. The first-order chi connectivity index (χ1) is 8.13. The number of rotatable bonds is 4. The number of para-hydroxylation sites is 1. The normalized spacial score (nSPS) is 13.2. The smallest absolute Gasteiger partial charge is 0.175 e. The number of fused-ring (bicyclic) bond motifs is 1. The molecule has 0 saturated heterocycles. The van der Waals surface area contributed by atoms with Gasteiger partial charge < -0.3 is 14.9 Å². The van der Waals surface area contributed by atoms with Crippen LogP contribution in [-0.4, -0.2) is 13.2 Å². The van der Waals surface area contributed by atoms with Gasteiger partial charge in [0.05, 0.1) is 13.4 Å². The van der Waals surface area contributed by atoms with E-state index in [0.717, 1.165) is 28.7 Å². The van der Waals surface area contributed by atoms with Crippen LogP contribution < -0.4 is 10.5 Å². The van der Waals surface area contributed by atoms with Gasteiger partial charge in [0.25, 0.3) is 0 Å². The van der Waals surface area contributed by atoms with Crippen LogP contribution in [-0.2, 0) is 6.42 Å². The van der Waals surface area contributed by atoms with Crippen LogP contribution in [0.4, 0.5) is 0 Å². The zero-order chi connectivity index (χ0) is 12.4. The van der Waals surface area contributed by atoms with Gasteiger partial charge in [-0.25, -0.2) is 0 Å². The van der Waals surface area contributed by atoms with E-state index in [-0.39, 0.29) is 6.04 Å². The third-order valence-electron chi connectivity index (χ3n) is 3.18.